The Labute approximate surface area is 110 Å². The normalized spacial score (nSPS) is 23.5. The summed E-state index contributed by atoms with van der Waals surface area (Å²) in [6.45, 7) is 2.69. The fraction of sp³-hybridized carbons (Fsp3) is 0.700. The third-order valence-electron chi connectivity index (χ3n) is 2.81. The summed E-state index contributed by atoms with van der Waals surface area (Å²) in [6.07, 6.45) is 1.26. The van der Waals surface area contributed by atoms with Crippen molar-refractivity contribution in [2.24, 2.45) is 0 Å². The molecular formula is C10H16N2O2S3. The Bertz CT molecular complexity index is 477. The van der Waals surface area contributed by atoms with Crippen LogP contribution in [0, 0.1) is 0 Å². The van der Waals surface area contributed by atoms with Gasteiger partial charge < -0.3 is 5.32 Å². The van der Waals surface area contributed by atoms with E-state index < -0.39 is 15.1 Å². The molecule has 1 aromatic heterocycles. The number of sulfone groups is 1. The van der Waals surface area contributed by atoms with E-state index in [4.69, 9.17) is 0 Å². The number of thiazole rings is 1. The van der Waals surface area contributed by atoms with E-state index in [-0.39, 0.29) is 6.04 Å². The zero-order chi connectivity index (χ0) is 12.5. The van der Waals surface area contributed by atoms with Crippen LogP contribution in [-0.4, -0.2) is 37.7 Å². The van der Waals surface area contributed by atoms with E-state index in [0.29, 0.717) is 5.01 Å². The van der Waals surface area contributed by atoms with E-state index in [9.17, 15) is 8.42 Å². The van der Waals surface area contributed by atoms with Crippen LogP contribution in [-0.2, 0) is 9.84 Å². The van der Waals surface area contributed by atoms with E-state index in [0.717, 1.165) is 23.7 Å². The smallest absolute Gasteiger partial charge is 0.156 e. The van der Waals surface area contributed by atoms with E-state index in [1.807, 2.05) is 17.1 Å². The molecule has 1 aliphatic heterocycles. The lowest BCUT2D eigenvalue weighted by molar-refractivity contribution is 0.578. The second-order valence-electron chi connectivity index (χ2n) is 4.16. The van der Waals surface area contributed by atoms with E-state index in [1.165, 1.54) is 17.6 Å². The van der Waals surface area contributed by atoms with Crippen molar-refractivity contribution in [2.75, 3.05) is 24.3 Å². The summed E-state index contributed by atoms with van der Waals surface area (Å²) >= 11 is 3.34. The van der Waals surface area contributed by atoms with Gasteiger partial charge in [0.2, 0.25) is 0 Å². The molecule has 4 nitrogen and oxygen atoms in total. The van der Waals surface area contributed by atoms with E-state index in [2.05, 4.69) is 10.3 Å². The molecule has 2 atom stereocenters. The predicted molar refractivity (Wildman–Crippen MR) is 73.4 cm³/mol. The highest BCUT2D eigenvalue weighted by Crippen LogP contribution is 2.28. The van der Waals surface area contributed by atoms with Crippen molar-refractivity contribution in [3.05, 3.63) is 16.1 Å². The molecule has 1 N–H and O–H groups in total. The van der Waals surface area contributed by atoms with Crippen LogP contribution in [0.2, 0.25) is 0 Å². The van der Waals surface area contributed by atoms with Gasteiger partial charge in [0.1, 0.15) is 10.3 Å². The molecule has 17 heavy (non-hydrogen) atoms. The molecule has 0 radical (unpaired) electrons. The zero-order valence-corrected chi connectivity index (χ0v) is 12.3. The van der Waals surface area contributed by atoms with Gasteiger partial charge in [-0.05, 0) is 6.92 Å². The first-order valence-corrected chi connectivity index (χ1v) is 9.42. The van der Waals surface area contributed by atoms with Gasteiger partial charge in [-0.25, -0.2) is 13.4 Å². The quantitative estimate of drug-likeness (QED) is 0.917. The molecule has 0 aromatic carbocycles. The molecule has 1 fully saturated rings. The second kappa shape index (κ2) is 5.26. The van der Waals surface area contributed by atoms with Gasteiger partial charge in [-0.3, -0.25) is 0 Å². The molecule has 1 saturated heterocycles. The zero-order valence-electron chi connectivity index (χ0n) is 9.84. The van der Waals surface area contributed by atoms with Crippen molar-refractivity contribution in [3.8, 4) is 0 Å². The monoisotopic (exact) mass is 292 g/mol. The molecule has 1 aromatic rings. The van der Waals surface area contributed by atoms with Crippen molar-refractivity contribution in [1.82, 2.24) is 10.3 Å². The molecule has 0 saturated carbocycles. The molecule has 7 heteroatoms. The van der Waals surface area contributed by atoms with Crippen LogP contribution in [0.5, 0.6) is 0 Å². The molecule has 0 amide bonds. The Hall–Kier alpha value is -0.110. The Morgan fingerprint density at radius 1 is 1.59 bits per heavy atom. The fourth-order valence-corrected chi connectivity index (χ4v) is 4.46. The lowest BCUT2D eigenvalue weighted by atomic mass is 10.2. The summed E-state index contributed by atoms with van der Waals surface area (Å²) in [4.78, 5) is 4.46. The lowest BCUT2D eigenvalue weighted by Gasteiger charge is -2.21. The third-order valence-corrected chi connectivity index (χ3v) is 6.57. The molecule has 0 bridgehead atoms. The molecule has 2 heterocycles. The predicted octanol–water partition coefficient (Wildman–Crippen LogP) is 1.63. The minimum atomic E-state index is -3.05. The van der Waals surface area contributed by atoms with Gasteiger partial charge in [0, 0.05) is 29.7 Å². The fourth-order valence-electron chi connectivity index (χ4n) is 1.59. The first-order valence-electron chi connectivity index (χ1n) is 5.44. The second-order valence-corrected chi connectivity index (χ2v) is 8.57. The first-order chi connectivity index (χ1) is 7.98. The number of nitrogens with zero attached hydrogens (tertiary/aromatic N) is 1. The Morgan fingerprint density at radius 3 is 2.94 bits per heavy atom. The SMILES string of the molecule is CC(c1nc(C2CSCCN2)cs1)S(C)(=O)=O. The standard InChI is InChI=1S/C10H16N2O2S3/c1-7(17(2,13)14)10-12-9(6-16-10)8-5-15-4-3-11-8/h6-8,11H,3-5H2,1-2H3. The number of hydrogen-bond donors (Lipinski definition) is 1. The number of nitrogens with one attached hydrogen (secondary N) is 1. The van der Waals surface area contributed by atoms with Crippen LogP contribution >= 0.6 is 23.1 Å². The average Bonchev–Trinajstić information content (AvgIpc) is 2.77. The maximum absolute atomic E-state index is 11.5. The van der Waals surface area contributed by atoms with Crippen LogP contribution in [0.15, 0.2) is 5.38 Å². The van der Waals surface area contributed by atoms with Crippen molar-refractivity contribution in [2.45, 2.75) is 18.2 Å². The highest BCUT2D eigenvalue weighted by Gasteiger charge is 2.23. The molecule has 96 valence electrons. The van der Waals surface area contributed by atoms with Crippen LogP contribution < -0.4 is 5.32 Å². The van der Waals surface area contributed by atoms with Crippen LogP contribution in [0.3, 0.4) is 0 Å². The largest absolute Gasteiger partial charge is 0.307 e. The van der Waals surface area contributed by atoms with Crippen molar-refractivity contribution < 1.29 is 8.42 Å². The minimum absolute atomic E-state index is 0.269. The Morgan fingerprint density at radius 2 is 2.35 bits per heavy atom. The molecule has 2 rings (SSSR count). The van der Waals surface area contributed by atoms with Crippen LogP contribution in [0.1, 0.15) is 28.9 Å². The van der Waals surface area contributed by atoms with Gasteiger partial charge >= 0.3 is 0 Å². The number of hydrogen-bond acceptors (Lipinski definition) is 6. The Kier molecular flexibility index (Phi) is 4.12. The van der Waals surface area contributed by atoms with E-state index >= 15 is 0 Å². The topological polar surface area (TPSA) is 59.1 Å². The Balaban J connectivity index is 2.15. The van der Waals surface area contributed by atoms with Crippen molar-refractivity contribution >= 4 is 32.9 Å². The van der Waals surface area contributed by atoms with Gasteiger partial charge in [-0.1, -0.05) is 0 Å². The van der Waals surface area contributed by atoms with Gasteiger partial charge in [-0.2, -0.15) is 11.8 Å². The summed E-state index contributed by atoms with van der Waals surface area (Å²) < 4.78 is 22.9. The van der Waals surface area contributed by atoms with Gasteiger partial charge in [-0.15, -0.1) is 11.3 Å². The van der Waals surface area contributed by atoms with Gasteiger partial charge in [0.05, 0.1) is 11.7 Å². The van der Waals surface area contributed by atoms with Crippen molar-refractivity contribution in [3.63, 3.8) is 0 Å². The van der Waals surface area contributed by atoms with Gasteiger partial charge in [0.25, 0.3) is 0 Å². The lowest BCUT2D eigenvalue weighted by Crippen LogP contribution is -2.30. The van der Waals surface area contributed by atoms with E-state index in [1.54, 1.807) is 6.92 Å². The summed E-state index contributed by atoms with van der Waals surface area (Å²) in [5.74, 6) is 2.14. The summed E-state index contributed by atoms with van der Waals surface area (Å²) in [6, 6.07) is 0.269. The summed E-state index contributed by atoms with van der Waals surface area (Å²) in [7, 11) is -3.05. The number of rotatable bonds is 3. The molecule has 0 aliphatic carbocycles. The van der Waals surface area contributed by atoms with Gasteiger partial charge in [0.15, 0.2) is 9.84 Å². The average molecular weight is 292 g/mol. The number of aromatic nitrogens is 1. The van der Waals surface area contributed by atoms with Crippen molar-refractivity contribution in [1.29, 1.82) is 0 Å². The van der Waals surface area contributed by atoms with Crippen LogP contribution in [0.4, 0.5) is 0 Å². The summed E-state index contributed by atoms with van der Waals surface area (Å²) in [5.41, 5.74) is 0.979. The highest BCUT2D eigenvalue weighted by molar-refractivity contribution is 7.99. The molecule has 0 spiro atoms. The van der Waals surface area contributed by atoms with Crippen LogP contribution in [0.25, 0.3) is 0 Å². The molecular weight excluding hydrogens is 276 g/mol. The maximum Gasteiger partial charge on any atom is 0.156 e. The first kappa shape index (κ1) is 13.3. The summed E-state index contributed by atoms with van der Waals surface area (Å²) in [5, 5.41) is 5.57. The minimum Gasteiger partial charge on any atom is -0.307 e. The number of thioether (sulfide) groups is 1. The maximum atomic E-state index is 11.5. The molecule has 1 aliphatic rings. The molecule has 2 unspecified atom stereocenters. The third kappa shape index (κ3) is 3.21. The highest BCUT2D eigenvalue weighted by atomic mass is 32.2.